The van der Waals surface area contributed by atoms with E-state index in [0.717, 1.165) is 20.9 Å². The monoisotopic (exact) mass is 253 g/mol. The van der Waals surface area contributed by atoms with Gasteiger partial charge < -0.3 is 4.98 Å². The summed E-state index contributed by atoms with van der Waals surface area (Å²) in [6, 6.07) is 3.26. The van der Waals surface area contributed by atoms with E-state index in [1.165, 1.54) is 18.9 Å². The molecule has 1 aliphatic carbocycles. The predicted octanol–water partition coefficient (Wildman–Crippen LogP) is 3.95. The third-order valence-corrected chi connectivity index (χ3v) is 3.44. The van der Waals surface area contributed by atoms with Gasteiger partial charge in [-0.25, -0.2) is 4.39 Å². The number of H-pyrrole nitrogens is 1. The maximum absolute atomic E-state index is 13.6. The van der Waals surface area contributed by atoms with E-state index in [-0.39, 0.29) is 5.82 Å². The molecule has 0 amide bonds. The summed E-state index contributed by atoms with van der Waals surface area (Å²) >= 11 is 3.42. The van der Waals surface area contributed by atoms with Crippen molar-refractivity contribution in [2.75, 3.05) is 0 Å². The zero-order chi connectivity index (χ0) is 9.71. The van der Waals surface area contributed by atoms with Crippen LogP contribution in [0.4, 0.5) is 4.39 Å². The first-order valence-corrected chi connectivity index (χ1v) is 5.51. The highest BCUT2D eigenvalue weighted by Gasteiger charge is 2.27. The Labute approximate surface area is 89.4 Å². The lowest BCUT2D eigenvalue weighted by molar-refractivity contribution is 0.639. The number of nitrogens with one attached hydrogen (secondary N) is 1. The van der Waals surface area contributed by atoms with Crippen molar-refractivity contribution in [3.05, 3.63) is 34.2 Å². The summed E-state index contributed by atoms with van der Waals surface area (Å²) in [5, 5.41) is 0.766. The molecular formula is C11H9BrFN. The largest absolute Gasteiger partial charge is 0.360 e. The minimum atomic E-state index is -0.119. The van der Waals surface area contributed by atoms with E-state index in [0.29, 0.717) is 5.92 Å². The van der Waals surface area contributed by atoms with Crippen molar-refractivity contribution in [1.29, 1.82) is 0 Å². The molecule has 0 saturated heterocycles. The smallest absolute Gasteiger partial charge is 0.132 e. The normalized spacial score (nSPS) is 16.4. The van der Waals surface area contributed by atoms with Crippen LogP contribution in [0.1, 0.15) is 24.3 Å². The third-order valence-electron chi connectivity index (χ3n) is 2.78. The number of rotatable bonds is 1. The molecule has 0 radical (unpaired) electrons. The Morgan fingerprint density at radius 3 is 2.86 bits per heavy atom. The molecule has 72 valence electrons. The van der Waals surface area contributed by atoms with Crippen LogP contribution in [0.2, 0.25) is 0 Å². The molecule has 14 heavy (non-hydrogen) atoms. The number of benzene rings is 1. The van der Waals surface area contributed by atoms with Crippen molar-refractivity contribution in [2.45, 2.75) is 18.8 Å². The van der Waals surface area contributed by atoms with Gasteiger partial charge in [-0.1, -0.05) is 0 Å². The highest BCUT2D eigenvalue weighted by Crippen LogP contribution is 2.44. The molecule has 0 spiro atoms. The zero-order valence-corrected chi connectivity index (χ0v) is 9.07. The van der Waals surface area contributed by atoms with Gasteiger partial charge in [0.1, 0.15) is 5.82 Å². The molecule has 0 atom stereocenters. The van der Waals surface area contributed by atoms with E-state index in [4.69, 9.17) is 0 Å². The molecule has 2 aromatic rings. The van der Waals surface area contributed by atoms with Gasteiger partial charge in [0.15, 0.2) is 0 Å². The highest BCUT2D eigenvalue weighted by molar-refractivity contribution is 9.10. The fraction of sp³-hybridized carbons (Fsp3) is 0.273. The molecule has 1 fully saturated rings. The minimum absolute atomic E-state index is 0.119. The van der Waals surface area contributed by atoms with Crippen molar-refractivity contribution in [3.8, 4) is 0 Å². The van der Waals surface area contributed by atoms with Crippen LogP contribution in [0.25, 0.3) is 10.9 Å². The number of fused-ring (bicyclic) bond motifs is 1. The van der Waals surface area contributed by atoms with Crippen LogP contribution < -0.4 is 0 Å². The van der Waals surface area contributed by atoms with Crippen LogP contribution in [0.5, 0.6) is 0 Å². The molecule has 3 heteroatoms. The van der Waals surface area contributed by atoms with Gasteiger partial charge in [-0.3, -0.25) is 0 Å². The molecule has 1 N–H and O–H groups in total. The Morgan fingerprint density at radius 1 is 1.36 bits per heavy atom. The van der Waals surface area contributed by atoms with Crippen LogP contribution in [-0.2, 0) is 0 Å². The molecule has 3 rings (SSSR count). The predicted molar refractivity (Wildman–Crippen MR) is 57.9 cm³/mol. The molecule has 1 nitrogen and oxygen atoms in total. The van der Waals surface area contributed by atoms with Gasteiger partial charge in [0.05, 0.1) is 5.52 Å². The van der Waals surface area contributed by atoms with Crippen LogP contribution >= 0.6 is 15.9 Å². The summed E-state index contributed by atoms with van der Waals surface area (Å²) in [4.78, 5) is 3.13. The van der Waals surface area contributed by atoms with E-state index in [1.807, 2.05) is 6.20 Å². The van der Waals surface area contributed by atoms with Crippen LogP contribution in [0, 0.1) is 5.82 Å². The Balaban J connectivity index is 2.37. The van der Waals surface area contributed by atoms with Gasteiger partial charge in [0.2, 0.25) is 0 Å². The highest BCUT2D eigenvalue weighted by atomic mass is 79.9. The quantitative estimate of drug-likeness (QED) is 0.793. The minimum Gasteiger partial charge on any atom is -0.360 e. The lowest BCUT2D eigenvalue weighted by Gasteiger charge is -1.98. The Kier molecular flexibility index (Phi) is 1.71. The van der Waals surface area contributed by atoms with Gasteiger partial charge >= 0.3 is 0 Å². The van der Waals surface area contributed by atoms with Crippen molar-refractivity contribution in [3.63, 3.8) is 0 Å². The number of hydrogen-bond donors (Lipinski definition) is 1. The van der Waals surface area contributed by atoms with Crippen molar-refractivity contribution in [2.24, 2.45) is 0 Å². The van der Waals surface area contributed by atoms with Crippen molar-refractivity contribution in [1.82, 2.24) is 4.98 Å². The van der Waals surface area contributed by atoms with E-state index in [1.54, 1.807) is 6.07 Å². The first kappa shape index (κ1) is 8.48. The lowest BCUT2D eigenvalue weighted by Crippen LogP contribution is -1.81. The summed E-state index contributed by atoms with van der Waals surface area (Å²) in [7, 11) is 0. The molecule has 0 unspecified atom stereocenters. The third kappa shape index (κ3) is 1.12. The van der Waals surface area contributed by atoms with Crippen LogP contribution in [-0.4, -0.2) is 4.98 Å². The second kappa shape index (κ2) is 2.83. The number of hydrogen-bond acceptors (Lipinski definition) is 0. The average molecular weight is 254 g/mol. The molecule has 1 aromatic heterocycles. The molecule has 1 saturated carbocycles. The molecular weight excluding hydrogens is 245 g/mol. The summed E-state index contributed by atoms with van der Waals surface area (Å²) < 4.78 is 14.5. The first-order valence-electron chi connectivity index (χ1n) is 4.72. The average Bonchev–Trinajstić information content (AvgIpc) is 2.91. The number of halogens is 2. The first-order chi connectivity index (χ1) is 6.77. The van der Waals surface area contributed by atoms with E-state index in [2.05, 4.69) is 20.9 Å². The van der Waals surface area contributed by atoms with Crippen LogP contribution in [0.15, 0.2) is 22.8 Å². The second-order valence-corrected chi connectivity index (χ2v) is 4.65. The topological polar surface area (TPSA) is 15.8 Å². The standard InChI is InChI=1S/C11H9BrFN/c12-8-3-4-9(13)10-7(6-1-2-6)5-14-11(8)10/h3-6,14H,1-2H2. The summed E-state index contributed by atoms with van der Waals surface area (Å²) in [5.74, 6) is 0.457. The maximum atomic E-state index is 13.6. The molecule has 0 aliphatic heterocycles. The van der Waals surface area contributed by atoms with E-state index >= 15 is 0 Å². The van der Waals surface area contributed by atoms with Crippen molar-refractivity contribution < 1.29 is 4.39 Å². The maximum Gasteiger partial charge on any atom is 0.132 e. The summed E-state index contributed by atoms with van der Waals surface area (Å²) in [6.45, 7) is 0. The van der Waals surface area contributed by atoms with Gasteiger partial charge in [-0.05, 0) is 52.4 Å². The molecule has 1 heterocycles. The Hall–Kier alpha value is -0.830. The summed E-state index contributed by atoms with van der Waals surface area (Å²) in [6.07, 6.45) is 4.33. The second-order valence-electron chi connectivity index (χ2n) is 3.80. The Morgan fingerprint density at radius 2 is 2.14 bits per heavy atom. The van der Waals surface area contributed by atoms with Gasteiger partial charge in [-0.2, -0.15) is 0 Å². The SMILES string of the molecule is Fc1ccc(Br)c2[nH]cc(C3CC3)c12. The lowest BCUT2D eigenvalue weighted by atomic mass is 10.1. The Bertz CT molecular complexity index is 499. The van der Waals surface area contributed by atoms with Crippen molar-refractivity contribution >= 4 is 26.8 Å². The van der Waals surface area contributed by atoms with Gasteiger partial charge in [0.25, 0.3) is 0 Å². The van der Waals surface area contributed by atoms with Gasteiger partial charge in [-0.15, -0.1) is 0 Å². The molecule has 0 bridgehead atoms. The zero-order valence-electron chi connectivity index (χ0n) is 7.48. The van der Waals surface area contributed by atoms with Crippen LogP contribution in [0.3, 0.4) is 0 Å². The molecule has 1 aliphatic rings. The van der Waals surface area contributed by atoms with E-state index in [9.17, 15) is 4.39 Å². The van der Waals surface area contributed by atoms with E-state index < -0.39 is 0 Å². The van der Waals surface area contributed by atoms with Gasteiger partial charge in [0, 0.05) is 16.1 Å². The molecule has 1 aromatic carbocycles. The summed E-state index contributed by atoms with van der Waals surface area (Å²) in [5.41, 5.74) is 2.02. The number of aromatic amines is 1. The fourth-order valence-corrected chi connectivity index (χ4v) is 2.36. The number of aromatic nitrogens is 1. The fourth-order valence-electron chi connectivity index (χ4n) is 1.91.